The minimum Gasteiger partial charge on any atom is -0.391 e. The van der Waals surface area contributed by atoms with Crippen LogP contribution in [0.2, 0.25) is 0 Å². The van der Waals surface area contributed by atoms with E-state index < -0.39 is 0 Å². The Morgan fingerprint density at radius 1 is 1.21 bits per heavy atom. The first-order valence-corrected chi connectivity index (χ1v) is 4.47. The van der Waals surface area contributed by atoms with Crippen molar-refractivity contribution in [3.63, 3.8) is 0 Å². The molecule has 0 unspecified atom stereocenters. The smallest absolute Gasteiger partial charge is 0.146 e. The molecule has 0 fully saturated rings. The summed E-state index contributed by atoms with van der Waals surface area (Å²) in [5.41, 5.74) is 1.91. The first-order chi connectivity index (χ1) is 6.90. The fraction of sp³-hybridized carbons (Fsp3) is 0.182. The van der Waals surface area contributed by atoms with Crippen molar-refractivity contribution < 1.29 is 9.63 Å². The van der Waals surface area contributed by atoms with Crippen LogP contribution in [0.5, 0.6) is 0 Å². The molecule has 72 valence electrons. The summed E-state index contributed by atoms with van der Waals surface area (Å²) >= 11 is 0. The molecule has 2 aromatic rings. The number of aliphatic hydroxyl groups is 1. The highest BCUT2D eigenvalue weighted by Gasteiger charge is 2.07. The number of aliphatic hydroxyl groups excluding tert-OH is 1. The van der Waals surface area contributed by atoms with E-state index >= 15 is 0 Å². The van der Waals surface area contributed by atoms with Crippen LogP contribution in [0.1, 0.15) is 16.9 Å². The molecule has 0 atom stereocenters. The minimum absolute atomic E-state index is 0.0222. The van der Waals surface area contributed by atoms with Crippen molar-refractivity contribution in [2.45, 2.75) is 13.0 Å². The van der Waals surface area contributed by atoms with Crippen LogP contribution in [0, 0.1) is 0 Å². The van der Waals surface area contributed by atoms with Gasteiger partial charge in [0.1, 0.15) is 5.76 Å². The maximum atomic E-state index is 8.99. The molecule has 0 spiro atoms. The Morgan fingerprint density at radius 2 is 2.00 bits per heavy atom. The fourth-order valence-electron chi connectivity index (χ4n) is 1.34. The number of aromatic nitrogens is 1. The van der Waals surface area contributed by atoms with Gasteiger partial charge in [0.05, 0.1) is 12.8 Å². The van der Waals surface area contributed by atoms with Gasteiger partial charge in [0, 0.05) is 12.0 Å². The van der Waals surface area contributed by atoms with Gasteiger partial charge in [-0.05, 0) is 5.56 Å². The van der Waals surface area contributed by atoms with E-state index in [1.807, 2.05) is 30.3 Å². The lowest BCUT2D eigenvalue weighted by atomic mass is 10.1. The lowest BCUT2D eigenvalue weighted by molar-refractivity contribution is 0.277. The predicted molar refractivity (Wildman–Crippen MR) is 51.7 cm³/mol. The molecule has 1 aromatic heterocycles. The Kier molecular flexibility index (Phi) is 2.60. The summed E-state index contributed by atoms with van der Waals surface area (Å²) in [6.45, 7) is -0.0222. The molecule has 0 aliphatic carbocycles. The first-order valence-electron chi connectivity index (χ1n) is 4.47. The molecule has 0 bridgehead atoms. The van der Waals surface area contributed by atoms with Crippen LogP contribution in [-0.4, -0.2) is 10.3 Å². The third kappa shape index (κ3) is 1.83. The Bertz CT molecular complexity index is 395. The van der Waals surface area contributed by atoms with E-state index in [0.717, 1.165) is 16.9 Å². The minimum atomic E-state index is -0.0222. The number of nitrogens with zero attached hydrogens (tertiary/aromatic N) is 1. The van der Waals surface area contributed by atoms with Crippen molar-refractivity contribution in [1.29, 1.82) is 0 Å². The topological polar surface area (TPSA) is 46.3 Å². The summed E-state index contributed by atoms with van der Waals surface area (Å²) in [5, 5.41) is 12.6. The zero-order valence-electron chi connectivity index (χ0n) is 7.68. The molecule has 3 nitrogen and oxygen atoms in total. The normalized spacial score (nSPS) is 10.4. The van der Waals surface area contributed by atoms with E-state index in [9.17, 15) is 0 Å². The van der Waals surface area contributed by atoms with E-state index in [1.54, 1.807) is 6.20 Å². The summed E-state index contributed by atoms with van der Waals surface area (Å²) in [6, 6.07) is 9.96. The van der Waals surface area contributed by atoms with Gasteiger partial charge in [-0.2, -0.15) is 0 Å². The van der Waals surface area contributed by atoms with Gasteiger partial charge in [0.25, 0.3) is 0 Å². The van der Waals surface area contributed by atoms with Gasteiger partial charge < -0.3 is 9.63 Å². The van der Waals surface area contributed by atoms with Crippen LogP contribution >= 0.6 is 0 Å². The maximum absolute atomic E-state index is 8.99. The molecule has 14 heavy (non-hydrogen) atoms. The SMILES string of the molecule is OCc1cnoc1Cc1ccccc1. The predicted octanol–water partition coefficient (Wildman–Crippen LogP) is 1.76. The lowest BCUT2D eigenvalue weighted by Crippen LogP contribution is -1.90. The lowest BCUT2D eigenvalue weighted by Gasteiger charge is -1.98. The zero-order chi connectivity index (χ0) is 9.80. The van der Waals surface area contributed by atoms with E-state index in [4.69, 9.17) is 9.63 Å². The van der Waals surface area contributed by atoms with Crippen LogP contribution in [0.25, 0.3) is 0 Å². The highest BCUT2D eigenvalue weighted by atomic mass is 16.5. The van der Waals surface area contributed by atoms with Crippen LogP contribution in [0.4, 0.5) is 0 Å². The molecule has 1 N–H and O–H groups in total. The Morgan fingerprint density at radius 3 is 2.71 bits per heavy atom. The van der Waals surface area contributed by atoms with Crippen molar-refractivity contribution in [1.82, 2.24) is 5.16 Å². The molecule has 0 radical (unpaired) electrons. The second-order valence-electron chi connectivity index (χ2n) is 3.09. The molecular formula is C11H11NO2. The molecule has 0 aliphatic heterocycles. The molecule has 2 rings (SSSR count). The number of hydrogen-bond acceptors (Lipinski definition) is 3. The molecule has 3 heteroatoms. The zero-order valence-corrected chi connectivity index (χ0v) is 7.68. The largest absolute Gasteiger partial charge is 0.391 e. The van der Waals surface area contributed by atoms with E-state index in [1.165, 1.54) is 0 Å². The Labute approximate surface area is 82.0 Å². The van der Waals surface area contributed by atoms with Gasteiger partial charge in [-0.1, -0.05) is 35.5 Å². The van der Waals surface area contributed by atoms with E-state index in [2.05, 4.69) is 5.16 Å². The van der Waals surface area contributed by atoms with Gasteiger partial charge in [-0.25, -0.2) is 0 Å². The third-order valence-corrected chi connectivity index (χ3v) is 2.11. The fourth-order valence-corrected chi connectivity index (χ4v) is 1.34. The van der Waals surface area contributed by atoms with Crippen molar-refractivity contribution in [3.05, 3.63) is 53.4 Å². The van der Waals surface area contributed by atoms with Crippen LogP contribution in [0.3, 0.4) is 0 Å². The molecule has 0 amide bonds. The standard InChI is InChI=1S/C11H11NO2/c13-8-10-7-12-14-11(10)6-9-4-2-1-3-5-9/h1-5,7,13H,6,8H2. The highest BCUT2D eigenvalue weighted by Crippen LogP contribution is 2.13. The van der Waals surface area contributed by atoms with Crippen LogP contribution in [-0.2, 0) is 13.0 Å². The quantitative estimate of drug-likeness (QED) is 0.800. The van der Waals surface area contributed by atoms with Crippen molar-refractivity contribution in [2.24, 2.45) is 0 Å². The monoisotopic (exact) mass is 189 g/mol. The van der Waals surface area contributed by atoms with Crippen LogP contribution in [0.15, 0.2) is 41.1 Å². The molecule has 1 heterocycles. The highest BCUT2D eigenvalue weighted by molar-refractivity contribution is 5.23. The number of hydrogen-bond donors (Lipinski definition) is 1. The molecule has 0 aliphatic rings. The van der Waals surface area contributed by atoms with Crippen LogP contribution < -0.4 is 0 Å². The summed E-state index contributed by atoms with van der Waals surface area (Å²) in [7, 11) is 0. The molecule has 1 aromatic carbocycles. The average Bonchev–Trinajstić information content (AvgIpc) is 2.67. The summed E-state index contributed by atoms with van der Waals surface area (Å²) in [5.74, 6) is 0.735. The van der Waals surface area contributed by atoms with Gasteiger partial charge in [-0.15, -0.1) is 0 Å². The Hall–Kier alpha value is -1.61. The van der Waals surface area contributed by atoms with Gasteiger partial charge in [-0.3, -0.25) is 0 Å². The average molecular weight is 189 g/mol. The van der Waals surface area contributed by atoms with Gasteiger partial charge >= 0.3 is 0 Å². The van der Waals surface area contributed by atoms with E-state index in [-0.39, 0.29) is 6.61 Å². The number of benzene rings is 1. The first kappa shape index (κ1) is 8.97. The molecule has 0 saturated heterocycles. The summed E-state index contributed by atoms with van der Waals surface area (Å²) in [4.78, 5) is 0. The summed E-state index contributed by atoms with van der Waals surface area (Å²) < 4.78 is 5.05. The number of rotatable bonds is 3. The van der Waals surface area contributed by atoms with Crippen molar-refractivity contribution in [3.8, 4) is 0 Å². The second-order valence-corrected chi connectivity index (χ2v) is 3.09. The van der Waals surface area contributed by atoms with Gasteiger partial charge in [0.2, 0.25) is 0 Å². The van der Waals surface area contributed by atoms with E-state index in [0.29, 0.717) is 6.42 Å². The molecular weight excluding hydrogens is 178 g/mol. The summed E-state index contributed by atoms with van der Waals surface area (Å²) in [6.07, 6.45) is 2.23. The van der Waals surface area contributed by atoms with Gasteiger partial charge in [0.15, 0.2) is 0 Å². The molecule has 0 saturated carbocycles. The maximum Gasteiger partial charge on any atom is 0.146 e. The second kappa shape index (κ2) is 4.07. The van der Waals surface area contributed by atoms with Crippen molar-refractivity contribution >= 4 is 0 Å². The Balaban J connectivity index is 2.19. The van der Waals surface area contributed by atoms with Crippen molar-refractivity contribution in [2.75, 3.05) is 0 Å². The third-order valence-electron chi connectivity index (χ3n) is 2.11.